The summed E-state index contributed by atoms with van der Waals surface area (Å²) in [6.07, 6.45) is -2.05. The predicted molar refractivity (Wildman–Crippen MR) is 499 cm³/mol. The van der Waals surface area contributed by atoms with Crippen LogP contribution in [0.15, 0.2) is 0 Å². The van der Waals surface area contributed by atoms with Crippen molar-refractivity contribution in [1.29, 1.82) is 10.8 Å². The highest BCUT2D eigenvalue weighted by Crippen LogP contribution is 2.19. The normalized spacial score (nSPS) is 15.5. The number of nitrogens with two attached hydrogens (primary N) is 6. The number of carbonyl (C=O) groups excluding carboxylic acids is 16. The van der Waals surface area contributed by atoms with Gasteiger partial charge in [0.25, 0.3) is 0 Å². The van der Waals surface area contributed by atoms with Crippen LogP contribution >= 0.6 is 12.6 Å². The Bertz CT molecular complexity index is 3870. The summed E-state index contributed by atoms with van der Waals surface area (Å²) in [6.45, 7) is 22.4. The summed E-state index contributed by atoms with van der Waals surface area (Å²) >= 11 is 4.22. The van der Waals surface area contributed by atoms with Crippen molar-refractivity contribution in [2.75, 3.05) is 38.5 Å². The molecule has 48 nitrogen and oxygen atoms in total. The molecule has 0 aliphatic rings. The molecule has 16 amide bonds. The lowest BCUT2D eigenvalue weighted by Crippen LogP contribution is -2.62. The van der Waals surface area contributed by atoms with Crippen LogP contribution in [0.3, 0.4) is 0 Å². The minimum Gasteiger partial charge on any atom is -0.481 e. The molecular weight excluding hydrogens is 1770 g/mol. The Morgan fingerprint density at radius 2 is 0.604 bits per heavy atom. The Labute approximate surface area is 789 Å². The fraction of sp³-hybridized carbons (Fsp3) is 0.753. The molecule has 764 valence electrons. The molecule has 0 aliphatic heterocycles. The van der Waals surface area contributed by atoms with Crippen LogP contribution in [0, 0.1) is 52.2 Å². The summed E-state index contributed by atoms with van der Waals surface area (Å²) < 4.78 is 0. The molecule has 35 N–H and O–H groups in total. The van der Waals surface area contributed by atoms with Crippen molar-refractivity contribution < 1.29 is 112 Å². The molecule has 0 aromatic carbocycles. The van der Waals surface area contributed by atoms with Crippen molar-refractivity contribution in [2.24, 2.45) is 75.8 Å². The van der Waals surface area contributed by atoms with Crippen molar-refractivity contribution >= 4 is 137 Å². The molecule has 0 saturated heterocycles. The Balaban J connectivity index is 7.50. The molecule has 0 bridgehead atoms. The van der Waals surface area contributed by atoms with Crippen molar-refractivity contribution in [1.82, 2.24) is 90.4 Å². The number of primary amides is 1. The van der Waals surface area contributed by atoms with Gasteiger partial charge in [-0.1, -0.05) is 116 Å². The van der Waals surface area contributed by atoms with Gasteiger partial charge in [-0.05, 0) is 151 Å². The molecule has 0 saturated carbocycles. The van der Waals surface area contributed by atoms with E-state index in [1.165, 1.54) is 13.8 Å². The number of nitrogens with one attached hydrogen (secondary N) is 19. The lowest BCUT2D eigenvalue weighted by atomic mass is 9.96. The van der Waals surface area contributed by atoms with Gasteiger partial charge < -0.3 is 145 Å². The molecule has 0 spiro atoms. The van der Waals surface area contributed by atoms with Crippen LogP contribution in [-0.2, 0) is 91.1 Å². The van der Waals surface area contributed by atoms with Gasteiger partial charge in [-0.15, -0.1) is 0 Å². The predicted octanol–water partition coefficient (Wildman–Crippen LogP) is -5.09. The van der Waals surface area contributed by atoms with Crippen LogP contribution in [0.4, 0.5) is 0 Å². The highest BCUT2D eigenvalue weighted by molar-refractivity contribution is 7.80. The molecule has 0 unspecified atom stereocenters. The minimum atomic E-state index is -1.87. The van der Waals surface area contributed by atoms with Gasteiger partial charge >= 0.3 is 17.9 Å². The number of carbonyl (C=O) groups is 19. The van der Waals surface area contributed by atoms with Crippen LogP contribution in [-0.4, -0.2) is 280 Å². The quantitative estimate of drug-likeness (QED) is 0.0117. The molecule has 0 fully saturated rings. The molecule has 134 heavy (non-hydrogen) atoms. The second-order valence-corrected chi connectivity index (χ2v) is 35.6. The van der Waals surface area contributed by atoms with Gasteiger partial charge in [0.1, 0.15) is 90.6 Å². The van der Waals surface area contributed by atoms with Gasteiger partial charge in [0.05, 0.1) is 19.1 Å². The number of carboxylic acid groups (broad SMARTS) is 3. The van der Waals surface area contributed by atoms with Crippen molar-refractivity contribution in [3.8, 4) is 0 Å². The van der Waals surface area contributed by atoms with E-state index in [4.69, 9.17) is 45.2 Å². The summed E-state index contributed by atoms with van der Waals surface area (Å²) in [5, 5.41) is 98.6. The SMILES string of the molecule is CC[C@H](C)[C@H](N)C(=O)N[C@@H](CC(=O)O)C(=O)N[C@@H](CCC(N)=O)C(=O)N[C@H](C(=O)N[C@@H](CC(C)C)C(=O)N[C@@H](CO)C(=O)N[C@@H](CCCNC(=N)N)C(=O)N[C@H](C(=O)N[C@@H](CCCCN)C(=O)N[C@@H](CC(C)C)C(=O)N[C@@H](CCC(=O)O)C(=O)N[C@H](C(=O)N[C@@H](CCCCN)C(=O)N[C@@H](CCCNC(=N)N)C(=O)N[C@@H](CS)C(=O)N[C@@H](CC(C)C)C(=O)O)[C@@H](C)CC)[C@@H](C)CC)C(C)C. The number of aliphatic hydroxyl groups is 1. The first-order valence-corrected chi connectivity index (χ1v) is 46.5. The first-order valence-electron chi connectivity index (χ1n) is 45.8. The molecule has 19 atom stereocenters. The smallest absolute Gasteiger partial charge is 0.326 e. The molecule has 0 radical (unpaired) electrons. The molecule has 0 aliphatic carbocycles. The summed E-state index contributed by atoms with van der Waals surface area (Å²) in [4.78, 5) is 263. The lowest BCUT2D eigenvalue weighted by Gasteiger charge is -2.31. The number of aliphatic hydroxyl groups excluding tert-OH is 1. The second-order valence-electron chi connectivity index (χ2n) is 35.3. The zero-order valence-corrected chi connectivity index (χ0v) is 80.7. The number of rotatable bonds is 70. The van der Waals surface area contributed by atoms with Crippen LogP contribution in [0.25, 0.3) is 0 Å². The fourth-order valence-electron chi connectivity index (χ4n) is 13.5. The molecule has 49 heteroatoms. The number of unbranched alkanes of at least 4 members (excludes halogenated alkanes) is 2. The Morgan fingerprint density at radius 3 is 0.940 bits per heavy atom. The van der Waals surface area contributed by atoms with E-state index < -0.39 is 289 Å². The van der Waals surface area contributed by atoms with Gasteiger partial charge in [0.2, 0.25) is 94.5 Å². The monoisotopic (exact) mass is 1930 g/mol. The van der Waals surface area contributed by atoms with Crippen molar-refractivity contribution in [3.05, 3.63) is 0 Å². The van der Waals surface area contributed by atoms with E-state index >= 15 is 0 Å². The van der Waals surface area contributed by atoms with E-state index in [0.29, 0.717) is 19.3 Å². The maximum absolute atomic E-state index is 14.9. The van der Waals surface area contributed by atoms with Gasteiger partial charge in [-0.3, -0.25) is 97.1 Å². The van der Waals surface area contributed by atoms with E-state index in [1.807, 2.05) is 0 Å². The topological polar surface area (TPSA) is 814 Å². The molecular formula is C85H155N25O23S. The van der Waals surface area contributed by atoms with Gasteiger partial charge in [-0.25, -0.2) is 4.79 Å². The average molecular weight is 1930 g/mol. The van der Waals surface area contributed by atoms with E-state index in [1.54, 1.807) is 83.1 Å². The highest BCUT2D eigenvalue weighted by atomic mass is 32.1. The Kier molecular flexibility index (Phi) is 59.8. The number of guanidine groups is 2. The second kappa shape index (κ2) is 65.3. The van der Waals surface area contributed by atoms with Gasteiger partial charge in [-0.2, -0.15) is 12.6 Å². The van der Waals surface area contributed by atoms with Gasteiger partial charge in [0.15, 0.2) is 11.9 Å². The first kappa shape index (κ1) is 123. The highest BCUT2D eigenvalue weighted by Gasteiger charge is 2.41. The van der Waals surface area contributed by atoms with E-state index in [2.05, 4.69) is 103 Å². The zero-order valence-electron chi connectivity index (χ0n) is 79.8. The largest absolute Gasteiger partial charge is 0.481 e. The summed E-state index contributed by atoms with van der Waals surface area (Å²) in [7, 11) is 0. The summed E-state index contributed by atoms with van der Waals surface area (Å²) in [5.41, 5.74) is 34.2. The summed E-state index contributed by atoms with van der Waals surface area (Å²) in [6, 6.07) is -24.6. The van der Waals surface area contributed by atoms with Crippen molar-refractivity contribution in [2.45, 2.75) is 328 Å². The number of hydrogen-bond acceptors (Lipinski definition) is 26. The average Bonchev–Trinajstić information content (AvgIpc) is 0.847. The molecule has 0 heterocycles. The molecule has 0 aromatic rings. The van der Waals surface area contributed by atoms with Crippen LogP contribution in [0.5, 0.6) is 0 Å². The third kappa shape index (κ3) is 48.5. The lowest BCUT2D eigenvalue weighted by molar-refractivity contribution is -0.143. The standard InChI is InChI=1S/C85H155N25O23S/c1-15-46(12)64(89)79(128)103-57(39-63(115)116)76(125)98-53(28-30-61(88)112)72(121)108-65(45(10)11)80(129)104-56(37-43(6)7)75(124)106-59(40-111)77(126)97-52(27-23-35-95-85(92)93)71(120)109-66(47(13)16-2)81(130)101-50(25-19-21-33-87)69(118)102-55(36-42(4)5)74(123)99-54(29-31-62(113)114)73(122)110-67(48(14)17-3)82(131)100-49(24-18-20-32-86)68(117)96-51(26-22-34-94-84(90)91)70(119)107-60(41-134)78(127)105-58(83(132)133)38-44(8)9/h42-60,64-67,111,134H,15-41,86-87,89H2,1-14H3,(H2,88,112)(H,96,117)(H,97,126)(H,98,125)(H,99,123)(H,100,131)(H,101,130)(H,102,118)(H,103,128)(H,104,129)(H,105,127)(H,106,124)(H,107,119)(H,108,121)(H,109,120)(H,110,122)(H,113,114)(H,115,116)(H,132,133)(H4,90,91,94)(H4,92,93,95)/t46-,47-,48-,49-,50-,51-,52-,53-,54-,55-,56-,57-,58-,59-,60-,64-,65-,66-,67-/m0/s1. The number of carboxylic acids is 3. The third-order valence-electron chi connectivity index (χ3n) is 22.0. The number of aliphatic carboxylic acids is 3. The number of amides is 16. The van der Waals surface area contributed by atoms with Gasteiger partial charge in [0, 0.05) is 31.7 Å². The Hall–Kier alpha value is -11.3. The minimum absolute atomic E-state index is 0.00338. The maximum Gasteiger partial charge on any atom is 0.326 e. The van der Waals surface area contributed by atoms with E-state index in [0.717, 1.165) is 0 Å². The van der Waals surface area contributed by atoms with E-state index in [-0.39, 0.29) is 127 Å². The fourth-order valence-corrected chi connectivity index (χ4v) is 13.8. The molecule has 0 aromatic heterocycles. The molecule has 0 rings (SSSR count). The van der Waals surface area contributed by atoms with Crippen LogP contribution < -0.4 is 125 Å². The van der Waals surface area contributed by atoms with Crippen LogP contribution in [0.2, 0.25) is 0 Å². The number of hydrogen-bond donors (Lipinski definition) is 30. The van der Waals surface area contributed by atoms with E-state index in [9.17, 15) is 112 Å². The van der Waals surface area contributed by atoms with Crippen LogP contribution in [0.1, 0.15) is 232 Å². The summed E-state index contributed by atoms with van der Waals surface area (Å²) in [5.74, 6) is -24.9. The number of thiol groups is 1. The van der Waals surface area contributed by atoms with Crippen molar-refractivity contribution in [3.63, 3.8) is 0 Å². The zero-order chi connectivity index (χ0) is 103. The first-order chi connectivity index (χ1) is 62.8. The third-order valence-corrected chi connectivity index (χ3v) is 22.4. The maximum atomic E-state index is 14.9. The Morgan fingerprint density at radius 1 is 0.321 bits per heavy atom.